The van der Waals surface area contributed by atoms with Crippen molar-refractivity contribution in [3.63, 3.8) is 0 Å². The first-order chi connectivity index (χ1) is 7.54. The Hall–Kier alpha value is -0.550. The van der Waals surface area contributed by atoms with Crippen LogP contribution < -0.4 is 0 Å². The molecule has 0 aromatic carbocycles. The van der Waals surface area contributed by atoms with E-state index in [1.54, 1.807) is 0 Å². The number of nitriles is 1. The molecule has 0 saturated heterocycles. The van der Waals surface area contributed by atoms with Gasteiger partial charge in [-0.3, -0.25) is 0 Å². The van der Waals surface area contributed by atoms with Crippen molar-refractivity contribution in [1.82, 2.24) is 4.90 Å². The van der Waals surface area contributed by atoms with E-state index in [9.17, 15) is 0 Å². The van der Waals surface area contributed by atoms with Crippen molar-refractivity contribution in [1.29, 1.82) is 5.26 Å². The topological polar surface area (TPSA) is 27.0 Å². The Kier molecular flexibility index (Phi) is 5.28. The highest BCUT2D eigenvalue weighted by atomic mass is 15.1. The third-order valence-electron chi connectivity index (χ3n) is 4.09. The van der Waals surface area contributed by atoms with Crippen molar-refractivity contribution in [2.24, 2.45) is 17.8 Å². The Morgan fingerprint density at radius 1 is 1.19 bits per heavy atom. The summed E-state index contributed by atoms with van der Waals surface area (Å²) in [4.78, 5) is 2.39. The third kappa shape index (κ3) is 3.79. The van der Waals surface area contributed by atoms with E-state index in [0.29, 0.717) is 6.04 Å². The van der Waals surface area contributed by atoms with Crippen LogP contribution in [0.2, 0.25) is 0 Å². The van der Waals surface area contributed by atoms with Gasteiger partial charge in [0, 0.05) is 12.6 Å². The largest absolute Gasteiger partial charge is 0.302 e. The summed E-state index contributed by atoms with van der Waals surface area (Å²) in [5.74, 6) is 1.93. The van der Waals surface area contributed by atoms with E-state index in [1.807, 2.05) is 6.92 Å². The standard InChI is InChI=1S/C14H26N2/c1-11(2)13-5-7-14(8-6-13)16(4)10-12(3)9-15/h11-14H,5-8,10H2,1-4H3. The van der Waals surface area contributed by atoms with Gasteiger partial charge in [-0.05, 0) is 51.5 Å². The highest BCUT2D eigenvalue weighted by Gasteiger charge is 2.25. The Morgan fingerprint density at radius 3 is 2.19 bits per heavy atom. The fourth-order valence-corrected chi connectivity index (χ4v) is 2.83. The molecule has 0 aliphatic heterocycles. The zero-order valence-electron chi connectivity index (χ0n) is 11.2. The SMILES string of the molecule is CC(C#N)CN(C)C1CCC(C(C)C)CC1. The van der Waals surface area contributed by atoms with Crippen molar-refractivity contribution >= 4 is 0 Å². The molecule has 0 aromatic heterocycles. The molecule has 0 amide bonds. The molecule has 0 heterocycles. The maximum absolute atomic E-state index is 8.82. The second kappa shape index (κ2) is 6.25. The third-order valence-corrected chi connectivity index (χ3v) is 4.09. The maximum atomic E-state index is 8.82. The van der Waals surface area contributed by atoms with Crippen LogP contribution in [0, 0.1) is 29.1 Å². The van der Waals surface area contributed by atoms with E-state index >= 15 is 0 Å². The molecule has 1 aliphatic rings. The van der Waals surface area contributed by atoms with Gasteiger partial charge in [0.05, 0.1) is 12.0 Å². The molecule has 2 heteroatoms. The van der Waals surface area contributed by atoms with Gasteiger partial charge in [-0.25, -0.2) is 0 Å². The Balaban J connectivity index is 2.33. The van der Waals surface area contributed by atoms with Crippen LogP contribution in [0.25, 0.3) is 0 Å². The zero-order valence-corrected chi connectivity index (χ0v) is 11.2. The normalized spacial score (nSPS) is 28.1. The lowest BCUT2D eigenvalue weighted by Gasteiger charge is -2.36. The van der Waals surface area contributed by atoms with E-state index in [4.69, 9.17) is 5.26 Å². The summed E-state index contributed by atoms with van der Waals surface area (Å²) in [5.41, 5.74) is 0. The van der Waals surface area contributed by atoms with Gasteiger partial charge in [0.2, 0.25) is 0 Å². The Bertz CT molecular complexity index is 234. The summed E-state index contributed by atoms with van der Waals surface area (Å²) in [6.07, 6.45) is 5.37. The van der Waals surface area contributed by atoms with Crippen molar-refractivity contribution in [2.75, 3.05) is 13.6 Å². The van der Waals surface area contributed by atoms with Gasteiger partial charge in [-0.15, -0.1) is 0 Å². The number of rotatable bonds is 4. The predicted molar refractivity (Wildman–Crippen MR) is 68.0 cm³/mol. The minimum absolute atomic E-state index is 0.160. The van der Waals surface area contributed by atoms with E-state index in [-0.39, 0.29) is 5.92 Å². The molecule has 0 N–H and O–H groups in total. The molecule has 0 radical (unpaired) electrons. The lowest BCUT2D eigenvalue weighted by atomic mass is 9.79. The molecule has 92 valence electrons. The lowest BCUT2D eigenvalue weighted by Crippen LogP contribution is -2.38. The van der Waals surface area contributed by atoms with Gasteiger partial charge >= 0.3 is 0 Å². The molecule has 2 nitrogen and oxygen atoms in total. The van der Waals surface area contributed by atoms with Crippen molar-refractivity contribution in [3.05, 3.63) is 0 Å². The molecule has 1 aliphatic carbocycles. The molecule has 1 atom stereocenters. The van der Waals surface area contributed by atoms with Crippen LogP contribution in [0.3, 0.4) is 0 Å². The molecule has 1 rings (SSSR count). The summed E-state index contributed by atoms with van der Waals surface area (Å²) in [5, 5.41) is 8.82. The lowest BCUT2D eigenvalue weighted by molar-refractivity contribution is 0.140. The van der Waals surface area contributed by atoms with Crippen LogP contribution in [-0.4, -0.2) is 24.5 Å². The summed E-state index contributed by atoms with van der Waals surface area (Å²) in [6, 6.07) is 3.03. The van der Waals surface area contributed by atoms with E-state index in [2.05, 4.69) is 31.9 Å². The van der Waals surface area contributed by atoms with E-state index in [1.165, 1.54) is 25.7 Å². The quantitative estimate of drug-likeness (QED) is 0.730. The van der Waals surface area contributed by atoms with Gasteiger partial charge in [0.15, 0.2) is 0 Å². The van der Waals surface area contributed by atoms with Gasteiger partial charge < -0.3 is 4.90 Å². The highest BCUT2D eigenvalue weighted by molar-refractivity contribution is 4.85. The first-order valence-corrected chi connectivity index (χ1v) is 6.64. The second-order valence-electron chi connectivity index (χ2n) is 5.78. The monoisotopic (exact) mass is 222 g/mol. The van der Waals surface area contributed by atoms with Crippen LogP contribution in [0.5, 0.6) is 0 Å². The first kappa shape index (κ1) is 13.5. The summed E-state index contributed by atoms with van der Waals surface area (Å²) < 4.78 is 0. The average Bonchev–Trinajstić information content (AvgIpc) is 2.28. The molecule has 16 heavy (non-hydrogen) atoms. The van der Waals surface area contributed by atoms with Crippen molar-refractivity contribution in [3.8, 4) is 6.07 Å². The molecule has 0 bridgehead atoms. The highest BCUT2D eigenvalue weighted by Crippen LogP contribution is 2.31. The molecule has 0 aromatic rings. The molecule has 1 fully saturated rings. The van der Waals surface area contributed by atoms with Crippen LogP contribution in [0.1, 0.15) is 46.5 Å². The first-order valence-electron chi connectivity index (χ1n) is 6.64. The molecular formula is C14H26N2. The van der Waals surface area contributed by atoms with Crippen LogP contribution >= 0.6 is 0 Å². The molecular weight excluding hydrogens is 196 g/mol. The molecule has 1 unspecified atom stereocenters. The predicted octanol–water partition coefficient (Wildman–Crippen LogP) is 3.29. The van der Waals surface area contributed by atoms with E-state index < -0.39 is 0 Å². The van der Waals surface area contributed by atoms with Crippen LogP contribution in [-0.2, 0) is 0 Å². The number of hydrogen-bond acceptors (Lipinski definition) is 2. The van der Waals surface area contributed by atoms with Crippen molar-refractivity contribution < 1.29 is 0 Å². The van der Waals surface area contributed by atoms with Crippen LogP contribution in [0.15, 0.2) is 0 Å². The summed E-state index contributed by atoms with van der Waals surface area (Å²) >= 11 is 0. The van der Waals surface area contributed by atoms with Gasteiger partial charge in [-0.2, -0.15) is 5.26 Å². The Morgan fingerprint density at radius 2 is 1.75 bits per heavy atom. The average molecular weight is 222 g/mol. The Labute approximate surface area is 101 Å². The summed E-state index contributed by atoms with van der Waals surface area (Å²) in [6.45, 7) is 7.61. The fourth-order valence-electron chi connectivity index (χ4n) is 2.83. The zero-order chi connectivity index (χ0) is 12.1. The minimum atomic E-state index is 0.160. The van der Waals surface area contributed by atoms with Gasteiger partial charge in [-0.1, -0.05) is 13.8 Å². The second-order valence-corrected chi connectivity index (χ2v) is 5.78. The van der Waals surface area contributed by atoms with Gasteiger partial charge in [0.25, 0.3) is 0 Å². The molecule has 0 spiro atoms. The number of hydrogen-bond donors (Lipinski definition) is 0. The van der Waals surface area contributed by atoms with Gasteiger partial charge in [0.1, 0.15) is 0 Å². The fraction of sp³-hybridized carbons (Fsp3) is 0.929. The maximum Gasteiger partial charge on any atom is 0.0666 e. The van der Waals surface area contributed by atoms with Crippen molar-refractivity contribution in [2.45, 2.75) is 52.5 Å². The smallest absolute Gasteiger partial charge is 0.0666 e. The summed E-state index contributed by atoms with van der Waals surface area (Å²) in [7, 11) is 2.17. The van der Waals surface area contributed by atoms with Crippen LogP contribution in [0.4, 0.5) is 0 Å². The minimum Gasteiger partial charge on any atom is -0.302 e. The molecule has 1 saturated carbocycles. The number of nitrogens with zero attached hydrogens (tertiary/aromatic N) is 2. The van der Waals surface area contributed by atoms with E-state index in [0.717, 1.165) is 18.4 Å².